The summed E-state index contributed by atoms with van der Waals surface area (Å²) in [5.41, 5.74) is 0.0336. The first-order chi connectivity index (χ1) is 13.3. The Bertz CT molecular complexity index is 731. The predicted molar refractivity (Wildman–Crippen MR) is 103 cm³/mol. The Labute approximate surface area is 165 Å². The molecule has 1 fully saturated rings. The fourth-order valence-corrected chi connectivity index (χ4v) is 3.65. The normalized spacial score (nSPS) is 18.0. The molecule has 3 amide bonds. The van der Waals surface area contributed by atoms with Crippen LogP contribution in [0.1, 0.15) is 50.5 Å². The Morgan fingerprint density at radius 2 is 2.00 bits per heavy atom. The molecular weight excluding hydrogens is 362 g/mol. The first-order valence-corrected chi connectivity index (χ1v) is 9.82. The van der Waals surface area contributed by atoms with E-state index in [0.717, 1.165) is 19.3 Å². The summed E-state index contributed by atoms with van der Waals surface area (Å²) in [5.74, 6) is 0.837. The second-order valence-corrected chi connectivity index (χ2v) is 8.39. The highest BCUT2D eigenvalue weighted by Crippen LogP contribution is 2.24. The van der Waals surface area contributed by atoms with Gasteiger partial charge in [0.25, 0.3) is 5.91 Å². The fraction of sp³-hybridized carbons (Fsp3) is 0.684. The van der Waals surface area contributed by atoms with Gasteiger partial charge in [0.2, 0.25) is 6.41 Å². The molecule has 3 rings (SSSR count). The van der Waals surface area contributed by atoms with Crippen LogP contribution in [0.2, 0.25) is 0 Å². The zero-order valence-electron chi connectivity index (χ0n) is 16.8. The third-order valence-corrected chi connectivity index (χ3v) is 5.15. The molecule has 28 heavy (non-hydrogen) atoms. The van der Waals surface area contributed by atoms with E-state index >= 15 is 0 Å². The molecule has 154 valence electrons. The number of nitrogens with zero attached hydrogens (tertiary/aromatic N) is 4. The minimum Gasteiger partial charge on any atom is -0.444 e. The average Bonchev–Trinajstić information content (AvgIpc) is 3.04. The van der Waals surface area contributed by atoms with Crippen molar-refractivity contribution in [3.05, 3.63) is 11.8 Å². The molecule has 9 nitrogen and oxygen atoms in total. The Balaban J connectivity index is 1.46. The van der Waals surface area contributed by atoms with E-state index in [1.165, 1.54) is 0 Å². The van der Waals surface area contributed by atoms with Gasteiger partial charge >= 0.3 is 6.09 Å². The van der Waals surface area contributed by atoms with Crippen LogP contribution in [0.4, 0.5) is 10.6 Å². The number of likely N-dealkylation sites (tertiary alicyclic amines) is 1. The maximum Gasteiger partial charge on any atom is 0.410 e. The van der Waals surface area contributed by atoms with Crippen LogP contribution in [0.25, 0.3) is 0 Å². The fourth-order valence-electron chi connectivity index (χ4n) is 3.65. The Morgan fingerprint density at radius 3 is 2.64 bits per heavy atom. The maximum atomic E-state index is 12.7. The van der Waals surface area contributed by atoms with E-state index in [2.05, 4.69) is 10.4 Å². The summed E-state index contributed by atoms with van der Waals surface area (Å²) < 4.78 is 7.08. The van der Waals surface area contributed by atoms with Crippen LogP contribution >= 0.6 is 0 Å². The predicted octanol–water partition coefficient (Wildman–Crippen LogP) is 1.94. The van der Waals surface area contributed by atoms with E-state index in [1.54, 1.807) is 15.6 Å². The van der Waals surface area contributed by atoms with Crippen molar-refractivity contribution in [1.82, 2.24) is 19.6 Å². The van der Waals surface area contributed by atoms with Gasteiger partial charge < -0.3 is 19.9 Å². The quantitative estimate of drug-likeness (QED) is 0.774. The minimum absolute atomic E-state index is 0.0520. The monoisotopic (exact) mass is 391 g/mol. The third kappa shape index (κ3) is 4.82. The van der Waals surface area contributed by atoms with Crippen LogP contribution in [0.3, 0.4) is 0 Å². The van der Waals surface area contributed by atoms with Crippen molar-refractivity contribution in [1.29, 1.82) is 0 Å². The van der Waals surface area contributed by atoms with Gasteiger partial charge in [0.1, 0.15) is 11.3 Å². The van der Waals surface area contributed by atoms with Gasteiger partial charge in [-0.3, -0.25) is 14.3 Å². The molecule has 2 aliphatic rings. The van der Waals surface area contributed by atoms with E-state index in [0.29, 0.717) is 56.6 Å². The van der Waals surface area contributed by atoms with E-state index in [1.807, 2.05) is 25.7 Å². The number of aromatic nitrogens is 2. The van der Waals surface area contributed by atoms with Gasteiger partial charge in [-0.1, -0.05) is 0 Å². The lowest BCUT2D eigenvalue weighted by Crippen LogP contribution is -2.43. The Morgan fingerprint density at radius 1 is 1.29 bits per heavy atom. The van der Waals surface area contributed by atoms with Gasteiger partial charge in [0, 0.05) is 32.2 Å². The molecule has 0 aliphatic carbocycles. The summed E-state index contributed by atoms with van der Waals surface area (Å²) in [7, 11) is 0. The van der Waals surface area contributed by atoms with Gasteiger partial charge in [-0.2, -0.15) is 5.10 Å². The number of fused-ring (bicyclic) bond motifs is 1. The van der Waals surface area contributed by atoms with Gasteiger partial charge in [-0.15, -0.1) is 0 Å². The topological polar surface area (TPSA) is 96.8 Å². The molecule has 1 saturated heterocycles. The Hall–Kier alpha value is -2.58. The van der Waals surface area contributed by atoms with E-state index in [4.69, 9.17) is 4.74 Å². The molecule has 0 aromatic carbocycles. The molecule has 0 bridgehead atoms. The molecule has 9 heteroatoms. The number of piperidine rings is 1. The summed E-state index contributed by atoms with van der Waals surface area (Å²) in [6.45, 7) is 8.94. The van der Waals surface area contributed by atoms with Gasteiger partial charge in [0.05, 0.1) is 6.54 Å². The van der Waals surface area contributed by atoms with Crippen molar-refractivity contribution in [2.75, 3.05) is 31.5 Å². The largest absolute Gasteiger partial charge is 0.444 e. The first-order valence-electron chi connectivity index (χ1n) is 9.82. The average molecular weight is 391 g/mol. The van der Waals surface area contributed by atoms with Crippen molar-refractivity contribution in [2.45, 2.75) is 52.2 Å². The zero-order chi connectivity index (χ0) is 20.3. The van der Waals surface area contributed by atoms with E-state index in [9.17, 15) is 14.4 Å². The molecule has 2 aliphatic heterocycles. The number of hydrogen-bond donors (Lipinski definition) is 1. The summed E-state index contributed by atoms with van der Waals surface area (Å²) in [4.78, 5) is 39.0. The highest BCUT2D eigenvalue weighted by molar-refractivity contribution is 5.94. The summed E-state index contributed by atoms with van der Waals surface area (Å²) >= 11 is 0. The highest BCUT2D eigenvalue weighted by Gasteiger charge is 2.29. The maximum absolute atomic E-state index is 12.7. The molecule has 0 unspecified atom stereocenters. The molecule has 3 heterocycles. The summed E-state index contributed by atoms with van der Waals surface area (Å²) in [5, 5.41) is 6.69. The van der Waals surface area contributed by atoms with Crippen molar-refractivity contribution < 1.29 is 19.1 Å². The molecule has 0 radical (unpaired) electrons. The van der Waals surface area contributed by atoms with Gasteiger partial charge in [-0.05, 0) is 46.0 Å². The van der Waals surface area contributed by atoms with Crippen molar-refractivity contribution in [2.24, 2.45) is 5.92 Å². The summed E-state index contributed by atoms with van der Waals surface area (Å²) in [6, 6.07) is 1.61. The molecular formula is C19H29N5O4. The smallest absolute Gasteiger partial charge is 0.410 e. The van der Waals surface area contributed by atoms with Gasteiger partial charge in [0.15, 0.2) is 5.82 Å². The number of carbonyl (C=O) groups is 3. The molecule has 1 aromatic rings. The number of nitrogens with one attached hydrogen (secondary N) is 1. The number of anilines is 1. The second-order valence-electron chi connectivity index (χ2n) is 8.39. The second kappa shape index (κ2) is 8.20. The number of amides is 3. The van der Waals surface area contributed by atoms with Crippen molar-refractivity contribution >= 4 is 24.2 Å². The van der Waals surface area contributed by atoms with E-state index < -0.39 is 5.60 Å². The third-order valence-electron chi connectivity index (χ3n) is 5.15. The molecule has 0 saturated carbocycles. The summed E-state index contributed by atoms with van der Waals surface area (Å²) in [6.07, 6.45) is 3.08. The minimum atomic E-state index is -0.476. The van der Waals surface area contributed by atoms with Crippen LogP contribution < -0.4 is 5.32 Å². The standard InChI is InChI=1S/C19H29N5O4/c1-19(2,3)28-18(27)23-8-5-14(6-9-23)4-7-22-10-11-24-15(17(22)26)12-16(21-24)20-13-25/h12-14H,4-11H2,1-3H3,(H,20,21,25). The highest BCUT2D eigenvalue weighted by atomic mass is 16.6. The molecule has 1 aromatic heterocycles. The number of hydrogen-bond acceptors (Lipinski definition) is 5. The molecule has 0 atom stereocenters. The lowest BCUT2D eigenvalue weighted by atomic mass is 9.93. The number of ether oxygens (including phenoxy) is 1. The SMILES string of the molecule is CC(C)(C)OC(=O)N1CCC(CCN2CCn3nc(NC=O)cc3C2=O)CC1. The van der Waals surface area contributed by atoms with Crippen LogP contribution in [-0.4, -0.2) is 69.8 Å². The van der Waals surface area contributed by atoms with E-state index in [-0.39, 0.29) is 12.0 Å². The molecule has 0 spiro atoms. The lowest BCUT2D eigenvalue weighted by molar-refractivity contribution is -0.105. The van der Waals surface area contributed by atoms with Crippen LogP contribution in [0, 0.1) is 5.92 Å². The number of rotatable bonds is 5. The Kier molecular flexibility index (Phi) is 5.90. The lowest BCUT2D eigenvalue weighted by Gasteiger charge is -2.34. The van der Waals surface area contributed by atoms with Crippen molar-refractivity contribution in [3.8, 4) is 0 Å². The van der Waals surface area contributed by atoms with Gasteiger partial charge in [-0.25, -0.2) is 4.79 Å². The van der Waals surface area contributed by atoms with Crippen LogP contribution in [0.15, 0.2) is 6.07 Å². The number of carbonyl (C=O) groups excluding carboxylic acids is 3. The van der Waals surface area contributed by atoms with Crippen LogP contribution in [0.5, 0.6) is 0 Å². The van der Waals surface area contributed by atoms with Crippen molar-refractivity contribution in [3.63, 3.8) is 0 Å². The first kappa shape index (κ1) is 20.2. The van der Waals surface area contributed by atoms with Crippen LogP contribution in [-0.2, 0) is 16.1 Å². The zero-order valence-corrected chi connectivity index (χ0v) is 16.8. The molecule has 1 N–H and O–H groups in total.